The van der Waals surface area contributed by atoms with Crippen molar-refractivity contribution in [3.63, 3.8) is 0 Å². The van der Waals surface area contributed by atoms with E-state index in [0.717, 1.165) is 12.4 Å². The number of rotatable bonds is 3. The highest BCUT2D eigenvalue weighted by atomic mass is 16.6. The van der Waals surface area contributed by atoms with Crippen molar-refractivity contribution in [2.75, 3.05) is 31.7 Å². The number of anilines is 1. The molecule has 0 aromatic carbocycles. The van der Waals surface area contributed by atoms with Crippen molar-refractivity contribution in [1.82, 2.24) is 4.98 Å². The van der Waals surface area contributed by atoms with E-state index in [1.54, 1.807) is 6.20 Å². The average Bonchev–Trinajstić information content (AvgIpc) is 2.28. The minimum absolute atomic E-state index is 0.140. The predicted octanol–water partition coefficient (Wildman–Crippen LogP) is 1.22. The molecule has 1 N–H and O–H groups in total. The molecule has 82 valence electrons. The molecule has 0 bridgehead atoms. The van der Waals surface area contributed by atoms with E-state index < -0.39 is 0 Å². The number of hydrogen-bond acceptors (Lipinski definition) is 4. The Hall–Kier alpha value is -1.13. The van der Waals surface area contributed by atoms with Crippen LogP contribution in [0.15, 0.2) is 18.3 Å². The van der Waals surface area contributed by atoms with E-state index in [9.17, 15) is 0 Å². The van der Waals surface area contributed by atoms with Crippen LogP contribution in [0.1, 0.15) is 5.56 Å². The zero-order valence-corrected chi connectivity index (χ0v) is 8.90. The molecule has 0 spiro atoms. The molecule has 1 fully saturated rings. The SMILES string of the molecule is Cc1ccnc(NCC2COCCO2)c1. The number of ether oxygens (including phenoxy) is 2. The van der Waals surface area contributed by atoms with Gasteiger partial charge in [-0.1, -0.05) is 0 Å². The molecule has 1 saturated heterocycles. The summed E-state index contributed by atoms with van der Waals surface area (Å²) in [6, 6.07) is 4.00. The molecule has 2 heterocycles. The van der Waals surface area contributed by atoms with Crippen molar-refractivity contribution in [2.24, 2.45) is 0 Å². The minimum atomic E-state index is 0.140. The van der Waals surface area contributed by atoms with Crippen LogP contribution >= 0.6 is 0 Å². The Balaban J connectivity index is 1.81. The molecule has 0 amide bonds. The summed E-state index contributed by atoms with van der Waals surface area (Å²) in [6.07, 6.45) is 1.94. The van der Waals surface area contributed by atoms with E-state index in [2.05, 4.69) is 10.3 Å². The van der Waals surface area contributed by atoms with Gasteiger partial charge in [-0.3, -0.25) is 0 Å². The second-order valence-electron chi connectivity index (χ2n) is 3.67. The quantitative estimate of drug-likeness (QED) is 0.811. The van der Waals surface area contributed by atoms with Gasteiger partial charge in [0.25, 0.3) is 0 Å². The molecule has 1 unspecified atom stereocenters. The summed E-state index contributed by atoms with van der Waals surface area (Å²) < 4.78 is 10.8. The Kier molecular flexibility index (Phi) is 3.53. The summed E-state index contributed by atoms with van der Waals surface area (Å²) in [5.41, 5.74) is 1.20. The summed E-state index contributed by atoms with van der Waals surface area (Å²) in [5, 5.41) is 3.24. The van der Waals surface area contributed by atoms with Crippen LogP contribution in [0, 0.1) is 6.92 Å². The lowest BCUT2D eigenvalue weighted by Gasteiger charge is -2.23. The van der Waals surface area contributed by atoms with Crippen molar-refractivity contribution in [3.05, 3.63) is 23.9 Å². The first-order valence-corrected chi connectivity index (χ1v) is 5.20. The van der Waals surface area contributed by atoms with Crippen LogP contribution < -0.4 is 5.32 Å². The Morgan fingerprint density at radius 3 is 3.20 bits per heavy atom. The molecule has 1 aliphatic heterocycles. The lowest BCUT2D eigenvalue weighted by atomic mass is 10.3. The molecule has 0 saturated carbocycles. The number of aryl methyl sites for hydroxylation is 1. The molecule has 0 radical (unpaired) electrons. The van der Waals surface area contributed by atoms with Crippen LogP contribution in [0.3, 0.4) is 0 Å². The molecular weight excluding hydrogens is 192 g/mol. The highest BCUT2D eigenvalue weighted by molar-refractivity contribution is 5.36. The van der Waals surface area contributed by atoms with E-state index in [4.69, 9.17) is 9.47 Å². The third-order valence-corrected chi connectivity index (χ3v) is 2.31. The summed E-state index contributed by atoms with van der Waals surface area (Å²) in [4.78, 5) is 4.22. The van der Waals surface area contributed by atoms with E-state index in [-0.39, 0.29) is 6.10 Å². The summed E-state index contributed by atoms with van der Waals surface area (Å²) in [7, 11) is 0. The smallest absolute Gasteiger partial charge is 0.126 e. The van der Waals surface area contributed by atoms with Gasteiger partial charge in [0, 0.05) is 12.7 Å². The van der Waals surface area contributed by atoms with E-state index in [1.165, 1.54) is 5.56 Å². The fourth-order valence-corrected chi connectivity index (χ4v) is 1.51. The van der Waals surface area contributed by atoms with Crippen LogP contribution in [0.4, 0.5) is 5.82 Å². The van der Waals surface area contributed by atoms with E-state index in [0.29, 0.717) is 19.8 Å². The minimum Gasteiger partial charge on any atom is -0.376 e. The summed E-state index contributed by atoms with van der Waals surface area (Å²) in [6.45, 7) is 4.86. The van der Waals surface area contributed by atoms with Crippen molar-refractivity contribution >= 4 is 5.82 Å². The second kappa shape index (κ2) is 5.09. The Morgan fingerprint density at radius 1 is 1.53 bits per heavy atom. The van der Waals surface area contributed by atoms with Gasteiger partial charge in [0.15, 0.2) is 0 Å². The van der Waals surface area contributed by atoms with Crippen molar-refractivity contribution in [2.45, 2.75) is 13.0 Å². The number of nitrogens with zero attached hydrogens (tertiary/aromatic N) is 1. The monoisotopic (exact) mass is 208 g/mol. The Morgan fingerprint density at radius 2 is 2.47 bits per heavy atom. The molecular formula is C11H16N2O2. The standard InChI is InChI=1S/C11H16N2O2/c1-9-2-3-12-11(6-9)13-7-10-8-14-4-5-15-10/h2-3,6,10H,4-5,7-8H2,1H3,(H,12,13). The summed E-state index contributed by atoms with van der Waals surface area (Å²) in [5.74, 6) is 0.893. The van der Waals surface area contributed by atoms with Crippen LogP contribution in [0.2, 0.25) is 0 Å². The lowest BCUT2D eigenvalue weighted by Crippen LogP contribution is -2.34. The first kappa shape index (κ1) is 10.4. The molecule has 2 rings (SSSR count). The first-order chi connectivity index (χ1) is 7.34. The highest BCUT2D eigenvalue weighted by Crippen LogP contribution is 2.07. The van der Waals surface area contributed by atoms with Gasteiger partial charge in [-0.25, -0.2) is 4.98 Å². The Bertz CT molecular complexity index is 311. The fourth-order valence-electron chi connectivity index (χ4n) is 1.51. The highest BCUT2D eigenvalue weighted by Gasteiger charge is 2.13. The van der Waals surface area contributed by atoms with Gasteiger partial charge in [0.05, 0.1) is 25.9 Å². The third kappa shape index (κ3) is 3.18. The first-order valence-electron chi connectivity index (χ1n) is 5.20. The maximum Gasteiger partial charge on any atom is 0.126 e. The van der Waals surface area contributed by atoms with Gasteiger partial charge in [0.1, 0.15) is 5.82 Å². The van der Waals surface area contributed by atoms with Crippen molar-refractivity contribution < 1.29 is 9.47 Å². The molecule has 1 aromatic rings. The molecule has 1 aliphatic rings. The number of hydrogen-bond donors (Lipinski definition) is 1. The van der Waals surface area contributed by atoms with Gasteiger partial charge in [0.2, 0.25) is 0 Å². The third-order valence-electron chi connectivity index (χ3n) is 2.31. The molecule has 1 aromatic heterocycles. The topological polar surface area (TPSA) is 43.4 Å². The predicted molar refractivity (Wildman–Crippen MR) is 58.0 cm³/mol. The number of aromatic nitrogens is 1. The number of pyridine rings is 1. The normalized spacial score (nSPS) is 21.3. The maximum atomic E-state index is 5.51. The zero-order chi connectivity index (χ0) is 10.5. The molecule has 4 nitrogen and oxygen atoms in total. The average molecular weight is 208 g/mol. The Labute approximate surface area is 89.6 Å². The zero-order valence-electron chi connectivity index (χ0n) is 8.90. The van der Waals surface area contributed by atoms with Crippen LogP contribution in [-0.4, -0.2) is 37.5 Å². The van der Waals surface area contributed by atoms with Crippen LogP contribution in [0.25, 0.3) is 0 Å². The van der Waals surface area contributed by atoms with Gasteiger partial charge < -0.3 is 14.8 Å². The van der Waals surface area contributed by atoms with Crippen LogP contribution in [0.5, 0.6) is 0 Å². The lowest BCUT2D eigenvalue weighted by molar-refractivity contribution is -0.0819. The van der Waals surface area contributed by atoms with Gasteiger partial charge in [-0.05, 0) is 24.6 Å². The van der Waals surface area contributed by atoms with Crippen LogP contribution in [-0.2, 0) is 9.47 Å². The van der Waals surface area contributed by atoms with Gasteiger partial charge in [-0.2, -0.15) is 0 Å². The van der Waals surface area contributed by atoms with Crippen molar-refractivity contribution in [1.29, 1.82) is 0 Å². The largest absolute Gasteiger partial charge is 0.376 e. The fraction of sp³-hybridized carbons (Fsp3) is 0.545. The van der Waals surface area contributed by atoms with Gasteiger partial charge in [-0.15, -0.1) is 0 Å². The van der Waals surface area contributed by atoms with Crippen molar-refractivity contribution in [3.8, 4) is 0 Å². The molecule has 0 aliphatic carbocycles. The second-order valence-corrected chi connectivity index (χ2v) is 3.67. The maximum absolute atomic E-state index is 5.51. The van der Waals surface area contributed by atoms with E-state index in [1.807, 2.05) is 19.1 Å². The van der Waals surface area contributed by atoms with E-state index >= 15 is 0 Å². The molecule has 4 heteroatoms. The number of nitrogens with one attached hydrogen (secondary N) is 1. The molecule has 15 heavy (non-hydrogen) atoms. The summed E-state index contributed by atoms with van der Waals surface area (Å²) >= 11 is 0. The van der Waals surface area contributed by atoms with Gasteiger partial charge >= 0.3 is 0 Å². The molecule has 1 atom stereocenters.